The Morgan fingerprint density at radius 3 is 3.05 bits per heavy atom. The average molecular weight is 338 g/mol. The second kappa shape index (κ2) is 6.06. The number of benzene rings is 1. The van der Waals surface area contributed by atoms with Crippen molar-refractivity contribution in [2.24, 2.45) is 0 Å². The van der Waals surface area contributed by atoms with Gasteiger partial charge in [0.25, 0.3) is 0 Å². The van der Waals surface area contributed by atoms with Crippen LogP contribution in [0.3, 0.4) is 0 Å². The Kier molecular flexibility index (Phi) is 4.17. The molecule has 1 unspecified atom stereocenters. The molecule has 1 fully saturated rings. The highest BCUT2D eigenvalue weighted by Gasteiger charge is 2.15. The summed E-state index contributed by atoms with van der Waals surface area (Å²) in [5, 5.41) is 3.50. The normalized spacial score (nSPS) is 19.2. The molecule has 0 amide bonds. The zero-order valence-electron chi connectivity index (χ0n) is 11.1. The number of hydrogen-bond donors (Lipinski definition) is 2. The van der Waals surface area contributed by atoms with Crippen LogP contribution in [0.15, 0.2) is 28.9 Å². The first kappa shape index (κ1) is 13.8. The maximum absolute atomic E-state index is 13.8. The SMILES string of the molecule is Fc1ccc(Br)cc1-c1cnc(CC2CCCCN2)[nH]1. The van der Waals surface area contributed by atoms with Crippen LogP contribution in [0.1, 0.15) is 25.1 Å². The number of aromatic nitrogens is 2. The van der Waals surface area contributed by atoms with Crippen LogP contribution in [-0.4, -0.2) is 22.6 Å². The van der Waals surface area contributed by atoms with Gasteiger partial charge in [-0.1, -0.05) is 22.4 Å². The van der Waals surface area contributed by atoms with Crippen molar-refractivity contribution in [2.75, 3.05) is 6.54 Å². The lowest BCUT2D eigenvalue weighted by molar-refractivity contribution is 0.395. The minimum atomic E-state index is -0.237. The Morgan fingerprint density at radius 1 is 1.35 bits per heavy atom. The highest BCUT2D eigenvalue weighted by Crippen LogP contribution is 2.25. The lowest BCUT2D eigenvalue weighted by Crippen LogP contribution is -2.35. The Morgan fingerprint density at radius 2 is 2.25 bits per heavy atom. The van der Waals surface area contributed by atoms with Crippen molar-refractivity contribution in [1.29, 1.82) is 0 Å². The predicted octanol–water partition coefficient (Wildman–Crippen LogP) is 3.66. The highest BCUT2D eigenvalue weighted by molar-refractivity contribution is 9.10. The molecule has 1 saturated heterocycles. The van der Waals surface area contributed by atoms with Crippen molar-refractivity contribution in [3.8, 4) is 11.3 Å². The molecule has 0 saturated carbocycles. The number of rotatable bonds is 3. The zero-order valence-corrected chi connectivity index (χ0v) is 12.7. The smallest absolute Gasteiger partial charge is 0.132 e. The van der Waals surface area contributed by atoms with Crippen molar-refractivity contribution < 1.29 is 4.39 Å². The first-order chi connectivity index (χ1) is 9.72. The van der Waals surface area contributed by atoms with Gasteiger partial charge in [0.2, 0.25) is 0 Å². The molecule has 0 aliphatic carbocycles. The van der Waals surface area contributed by atoms with E-state index in [0.717, 1.165) is 29.0 Å². The van der Waals surface area contributed by atoms with E-state index >= 15 is 0 Å². The number of halogens is 2. The van der Waals surface area contributed by atoms with Crippen LogP contribution < -0.4 is 5.32 Å². The molecule has 1 aliphatic heterocycles. The van der Waals surface area contributed by atoms with Crippen LogP contribution in [-0.2, 0) is 6.42 Å². The molecule has 1 aromatic carbocycles. The van der Waals surface area contributed by atoms with E-state index in [2.05, 4.69) is 31.2 Å². The Balaban J connectivity index is 1.77. The summed E-state index contributed by atoms with van der Waals surface area (Å²) in [5.41, 5.74) is 1.28. The fraction of sp³-hybridized carbons (Fsp3) is 0.400. The van der Waals surface area contributed by atoms with E-state index < -0.39 is 0 Å². The van der Waals surface area contributed by atoms with Gasteiger partial charge >= 0.3 is 0 Å². The van der Waals surface area contributed by atoms with E-state index in [9.17, 15) is 4.39 Å². The van der Waals surface area contributed by atoms with Gasteiger partial charge < -0.3 is 10.3 Å². The Labute approximate surface area is 126 Å². The molecule has 2 aromatic rings. The van der Waals surface area contributed by atoms with E-state index in [-0.39, 0.29) is 5.82 Å². The molecule has 20 heavy (non-hydrogen) atoms. The molecule has 0 spiro atoms. The zero-order chi connectivity index (χ0) is 13.9. The fourth-order valence-corrected chi connectivity index (χ4v) is 3.00. The van der Waals surface area contributed by atoms with Crippen molar-refractivity contribution in [3.05, 3.63) is 40.5 Å². The molecule has 3 nitrogen and oxygen atoms in total. The number of nitrogens with zero attached hydrogens (tertiary/aromatic N) is 1. The molecule has 106 valence electrons. The second-order valence-electron chi connectivity index (χ2n) is 5.22. The van der Waals surface area contributed by atoms with E-state index in [4.69, 9.17) is 0 Å². The minimum Gasteiger partial charge on any atom is -0.342 e. The van der Waals surface area contributed by atoms with Crippen molar-refractivity contribution in [3.63, 3.8) is 0 Å². The van der Waals surface area contributed by atoms with Gasteiger partial charge in [0.05, 0.1) is 11.9 Å². The number of imidazole rings is 1. The van der Waals surface area contributed by atoms with Gasteiger partial charge in [-0.3, -0.25) is 0 Å². The van der Waals surface area contributed by atoms with E-state index in [1.807, 2.05) is 0 Å². The monoisotopic (exact) mass is 337 g/mol. The lowest BCUT2D eigenvalue weighted by atomic mass is 10.0. The summed E-state index contributed by atoms with van der Waals surface area (Å²) in [4.78, 5) is 7.61. The van der Waals surface area contributed by atoms with E-state index in [1.54, 1.807) is 18.3 Å². The molecule has 0 radical (unpaired) electrons. The molecule has 5 heteroatoms. The van der Waals surface area contributed by atoms with Crippen molar-refractivity contribution in [2.45, 2.75) is 31.7 Å². The van der Waals surface area contributed by atoms with Crippen LogP contribution >= 0.6 is 15.9 Å². The summed E-state index contributed by atoms with van der Waals surface area (Å²) < 4.78 is 14.7. The third kappa shape index (κ3) is 3.10. The quantitative estimate of drug-likeness (QED) is 0.897. The van der Waals surface area contributed by atoms with Gasteiger partial charge in [0.15, 0.2) is 0 Å². The van der Waals surface area contributed by atoms with Gasteiger partial charge in [0, 0.05) is 22.5 Å². The van der Waals surface area contributed by atoms with Crippen LogP contribution in [0.5, 0.6) is 0 Å². The summed E-state index contributed by atoms with van der Waals surface area (Å²) >= 11 is 3.37. The van der Waals surface area contributed by atoms with Crippen LogP contribution in [0.2, 0.25) is 0 Å². The van der Waals surface area contributed by atoms with E-state index in [0.29, 0.717) is 11.6 Å². The molecule has 0 bridgehead atoms. The molecule has 1 aliphatic rings. The summed E-state index contributed by atoms with van der Waals surface area (Å²) in [5.74, 6) is 0.679. The summed E-state index contributed by atoms with van der Waals surface area (Å²) in [7, 11) is 0. The van der Waals surface area contributed by atoms with Crippen LogP contribution in [0.25, 0.3) is 11.3 Å². The number of hydrogen-bond acceptors (Lipinski definition) is 2. The lowest BCUT2D eigenvalue weighted by Gasteiger charge is -2.22. The van der Waals surface area contributed by atoms with Crippen molar-refractivity contribution >= 4 is 15.9 Å². The Hall–Kier alpha value is -1.20. The molecule has 1 atom stereocenters. The number of aromatic amines is 1. The standard InChI is InChI=1S/C15H17BrFN3/c16-10-4-5-13(17)12(7-10)14-9-19-15(20-14)8-11-3-1-2-6-18-11/h4-5,7,9,11,18H,1-3,6,8H2,(H,19,20). The molecular weight excluding hydrogens is 321 g/mol. The van der Waals surface area contributed by atoms with Gasteiger partial charge in [-0.05, 0) is 37.6 Å². The molecule has 3 rings (SSSR count). The van der Waals surface area contributed by atoms with Crippen LogP contribution in [0, 0.1) is 5.82 Å². The average Bonchev–Trinajstić information content (AvgIpc) is 2.91. The van der Waals surface area contributed by atoms with Crippen LogP contribution in [0.4, 0.5) is 4.39 Å². The maximum Gasteiger partial charge on any atom is 0.132 e. The molecule has 2 N–H and O–H groups in total. The van der Waals surface area contributed by atoms with Gasteiger partial charge in [-0.15, -0.1) is 0 Å². The number of nitrogens with one attached hydrogen (secondary N) is 2. The van der Waals surface area contributed by atoms with E-state index in [1.165, 1.54) is 25.3 Å². The minimum absolute atomic E-state index is 0.237. The first-order valence-corrected chi connectivity index (χ1v) is 7.74. The van der Waals surface area contributed by atoms with Crippen molar-refractivity contribution in [1.82, 2.24) is 15.3 Å². The second-order valence-corrected chi connectivity index (χ2v) is 6.13. The largest absolute Gasteiger partial charge is 0.342 e. The van der Waals surface area contributed by atoms with Gasteiger partial charge in [-0.2, -0.15) is 0 Å². The molecule has 2 heterocycles. The summed E-state index contributed by atoms with van der Waals surface area (Å²) in [6, 6.07) is 5.41. The number of H-pyrrole nitrogens is 1. The first-order valence-electron chi connectivity index (χ1n) is 6.95. The molecule has 1 aromatic heterocycles. The third-order valence-corrected chi connectivity index (χ3v) is 4.19. The maximum atomic E-state index is 13.8. The predicted molar refractivity (Wildman–Crippen MR) is 81.0 cm³/mol. The Bertz CT molecular complexity index is 591. The summed E-state index contributed by atoms with van der Waals surface area (Å²) in [6.07, 6.45) is 6.29. The topological polar surface area (TPSA) is 40.7 Å². The van der Waals surface area contributed by atoms with Gasteiger partial charge in [-0.25, -0.2) is 9.37 Å². The number of piperidine rings is 1. The fourth-order valence-electron chi connectivity index (χ4n) is 2.64. The molecular formula is C15H17BrFN3. The summed E-state index contributed by atoms with van der Waals surface area (Å²) in [6.45, 7) is 1.08. The third-order valence-electron chi connectivity index (χ3n) is 3.70. The van der Waals surface area contributed by atoms with Gasteiger partial charge in [0.1, 0.15) is 11.6 Å². The highest BCUT2D eigenvalue weighted by atomic mass is 79.9.